The summed E-state index contributed by atoms with van der Waals surface area (Å²) >= 11 is 0. The van der Waals surface area contributed by atoms with Gasteiger partial charge in [0.05, 0.1) is 6.10 Å². The van der Waals surface area contributed by atoms with Gasteiger partial charge in [0.15, 0.2) is 0 Å². The zero-order valence-electron chi connectivity index (χ0n) is 7.27. The van der Waals surface area contributed by atoms with E-state index in [4.69, 9.17) is 0 Å². The van der Waals surface area contributed by atoms with E-state index in [1.165, 1.54) is 0 Å². The van der Waals surface area contributed by atoms with Crippen molar-refractivity contribution in [3.8, 4) is 0 Å². The van der Waals surface area contributed by atoms with Crippen LogP contribution in [0.1, 0.15) is 25.0 Å². The van der Waals surface area contributed by atoms with E-state index in [0.717, 1.165) is 12.0 Å². The molecule has 68 valence electrons. The Labute approximate surface area is 73.0 Å². The molecule has 3 nitrogen and oxygen atoms in total. The van der Waals surface area contributed by atoms with Gasteiger partial charge in [-0.3, -0.25) is 11.7 Å². The third kappa shape index (κ3) is 3.48. The minimum Gasteiger partial charge on any atom is -0.388 e. The molecule has 0 aromatic heterocycles. The van der Waals surface area contributed by atoms with Crippen molar-refractivity contribution < 1.29 is 5.11 Å². The van der Waals surface area contributed by atoms with Crippen LogP contribution < -0.4 is 11.7 Å². The second kappa shape index (κ2) is 6.79. The van der Waals surface area contributed by atoms with Crippen molar-refractivity contribution in [2.24, 2.45) is 11.7 Å². The molecule has 3 heteroatoms. The Morgan fingerprint density at radius 1 is 1.25 bits per heavy atom. The Balaban J connectivity index is 0.000000561. The number of hydrogen-bond donors (Lipinski definition) is 3. The van der Waals surface area contributed by atoms with Gasteiger partial charge in [-0.25, -0.2) is 0 Å². The fraction of sp³-hybridized carbons (Fsp3) is 0.333. The molecule has 0 fully saturated rings. The van der Waals surface area contributed by atoms with Crippen molar-refractivity contribution in [3.63, 3.8) is 0 Å². The van der Waals surface area contributed by atoms with Crippen LogP contribution in [0.4, 0.5) is 0 Å². The van der Waals surface area contributed by atoms with Crippen LogP contribution in [-0.2, 0) is 0 Å². The lowest BCUT2D eigenvalue weighted by Gasteiger charge is -2.05. The van der Waals surface area contributed by atoms with E-state index in [1.54, 1.807) is 0 Å². The molecule has 5 N–H and O–H groups in total. The van der Waals surface area contributed by atoms with Crippen LogP contribution in [0.3, 0.4) is 0 Å². The average Bonchev–Trinajstić information content (AvgIpc) is 2.21. The van der Waals surface area contributed by atoms with Crippen LogP contribution in [0.15, 0.2) is 30.3 Å². The molecule has 12 heavy (non-hydrogen) atoms. The van der Waals surface area contributed by atoms with Crippen molar-refractivity contribution in [1.82, 2.24) is 0 Å². The quantitative estimate of drug-likeness (QED) is 0.454. The zero-order chi connectivity index (χ0) is 9.40. The highest BCUT2D eigenvalue weighted by atomic mass is 16.3. The smallest absolute Gasteiger partial charge is 0.0787 e. The molecular formula is C9H16N2O. The van der Waals surface area contributed by atoms with E-state index >= 15 is 0 Å². The van der Waals surface area contributed by atoms with Gasteiger partial charge in [0, 0.05) is 0 Å². The summed E-state index contributed by atoms with van der Waals surface area (Å²) < 4.78 is 0. The first-order chi connectivity index (χ1) is 5.84. The minimum atomic E-state index is -0.291. The Kier molecular flexibility index (Phi) is 6.28. The SMILES string of the molecule is CCC(O)c1ccccc1.NN. The van der Waals surface area contributed by atoms with E-state index in [-0.39, 0.29) is 6.10 Å². The topological polar surface area (TPSA) is 72.3 Å². The van der Waals surface area contributed by atoms with Gasteiger partial charge in [0.2, 0.25) is 0 Å². The summed E-state index contributed by atoms with van der Waals surface area (Å²) in [5, 5.41) is 9.33. The van der Waals surface area contributed by atoms with Crippen LogP contribution in [0.2, 0.25) is 0 Å². The first-order valence-electron chi connectivity index (χ1n) is 3.91. The van der Waals surface area contributed by atoms with Gasteiger partial charge in [-0.15, -0.1) is 0 Å². The highest BCUT2D eigenvalue weighted by Gasteiger charge is 2.00. The summed E-state index contributed by atoms with van der Waals surface area (Å²) in [5.74, 6) is 8.00. The highest BCUT2D eigenvalue weighted by Crippen LogP contribution is 2.14. The molecule has 1 aromatic rings. The molecule has 1 aromatic carbocycles. The average molecular weight is 168 g/mol. The third-order valence-corrected chi connectivity index (χ3v) is 1.57. The summed E-state index contributed by atoms with van der Waals surface area (Å²) in [4.78, 5) is 0. The first-order valence-corrected chi connectivity index (χ1v) is 3.91. The molecule has 0 saturated carbocycles. The lowest BCUT2D eigenvalue weighted by molar-refractivity contribution is 0.173. The van der Waals surface area contributed by atoms with Crippen molar-refractivity contribution in [3.05, 3.63) is 35.9 Å². The molecule has 0 amide bonds. The highest BCUT2D eigenvalue weighted by molar-refractivity contribution is 5.16. The maximum Gasteiger partial charge on any atom is 0.0787 e. The first kappa shape index (κ1) is 11.1. The summed E-state index contributed by atoms with van der Waals surface area (Å²) in [5.41, 5.74) is 1.00. The lowest BCUT2D eigenvalue weighted by atomic mass is 10.1. The van der Waals surface area contributed by atoms with Gasteiger partial charge < -0.3 is 5.11 Å². The number of aliphatic hydroxyl groups is 1. The van der Waals surface area contributed by atoms with E-state index < -0.39 is 0 Å². The number of hydrazine groups is 1. The molecule has 1 rings (SSSR count). The summed E-state index contributed by atoms with van der Waals surface area (Å²) in [6.07, 6.45) is 0.491. The van der Waals surface area contributed by atoms with Crippen molar-refractivity contribution in [1.29, 1.82) is 0 Å². The molecule has 1 atom stereocenters. The Morgan fingerprint density at radius 2 is 1.75 bits per heavy atom. The van der Waals surface area contributed by atoms with Gasteiger partial charge >= 0.3 is 0 Å². The van der Waals surface area contributed by atoms with Gasteiger partial charge in [0.1, 0.15) is 0 Å². The Hall–Kier alpha value is -0.900. The summed E-state index contributed by atoms with van der Waals surface area (Å²) in [6.45, 7) is 1.97. The molecule has 0 spiro atoms. The summed E-state index contributed by atoms with van der Waals surface area (Å²) in [6, 6.07) is 9.70. The fourth-order valence-electron chi connectivity index (χ4n) is 0.911. The monoisotopic (exact) mass is 168 g/mol. The van der Waals surface area contributed by atoms with Crippen molar-refractivity contribution in [2.75, 3.05) is 0 Å². The van der Waals surface area contributed by atoms with E-state index in [1.807, 2.05) is 37.3 Å². The predicted octanol–water partition coefficient (Wildman–Crippen LogP) is 0.949. The zero-order valence-corrected chi connectivity index (χ0v) is 7.27. The molecule has 0 aliphatic rings. The normalized spacial score (nSPS) is 11.3. The minimum absolute atomic E-state index is 0.291. The van der Waals surface area contributed by atoms with Crippen LogP contribution in [0.5, 0.6) is 0 Å². The van der Waals surface area contributed by atoms with Crippen LogP contribution in [0.25, 0.3) is 0 Å². The molecule has 0 saturated heterocycles. The molecular weight excluding hydrogens is 152 g/mol. The molecule has 0 heterocycles. The number of aliphatic hydroxyl groups excluding tert-OH is 1. The molecule has 0 radical (unpaired) electrons. The van der Waals surface area contributed by atoms with E-state index in [0.29, 0.717) is 0 Å². The third-order valence-electron chi connectivity index (χ3n) is 1.57. The molecule has 1 unspecified atom stereocenters. The van der Waals surface area contributed by atoms with E-state index in [2.05, 4.69) is 11.7 Å². The fourth-order valence-corrected chi connectivity index (χ4v) is 0.911. The summed E-state index contributed by atoms with van der Waals surface area (Å²) in [7, 11) is 0. The van der Waals surface area contributed by atoms with Crippen molar-refractivity contribution in [2.45, 2.75) is 19.4 Å². The molecule has 0 aliphatic carbocycles. The van der Waals surface area contributed by atoms with Gasteiger partial charge in [0.25, 0.3) is 0 Å². The standard InChI is InChI=1S/C9H12O.H4N2/c1-2-9(10)8-6-4-3-5-7-8;1-2/h3-7,9-10H,2H2,1H3;1-2H2. The van der Waals surface area contributed by atoms with Gasteiger partial charge in [-0.05, 0) is 12.0 Å². The largest absolute Gasteiger partial charge is 0.388 e. The van der Waals surface area contributed by atoms with E-state index in [9.17, 15) is 5.11 Å². The van der Waals surface area contributed by atoms with Crippen LogP contribution >= 0.6 is 0 Å². The van der Waals surface area contributed by atoms with Gasteiger partial charge in [-0.1, -0.05) is 37.3 Å². The Bertz CT molecular complexity index is 189. The van der Waals surface area contributed by atoms with Crippen molar-refractivity contribution >= 4 is 0 Å². The number of rotatable bonds is 2. The second-order valence-electron chi connectivity index (χ2n) is 2.33. The molecule has 0 aliphatic heterocycles. The second-order valence-corrected chi connectivity index (χ2v) is 2.33. The van der Waals surface area contributed by atoms with Gasteiger partial charge in [-0.2, -0.15) is 0 Å². The maximum atomic E-state index is 9.33. The van der Waals surface area contributed by atoms with Crippen LogP contribution in [0, 0.1) is 0 Å². The number of nitrogens with two attached hydrogens (primary N) is 2. The van der Waals surface area contributed by atoms with Crippen LogP contribution in [-0.4, -0.2) is 5.11 Å². The predicted molar refractivity (Wildman–Crippen MR) is 50.1 cm³/mol. The number of benzene rings is 1. The number of hydrogen-bond acceptors (Lipinski definition) is 3. The molecule has 0 bridgehead atoms. The lowest BCUT2D eigenvalue weighted by Crippen LogP contribution is -2.02. The Morgan fingerprint density at radius 3 is 2.17 bits per heavy atom. The maximum absolute atomic E-state index is 9.33.